The van der Waals surface area contributed by atoms with Gasteiger partial charge < -0.3 is 19.5 Å². The van der Waals surface area contributed by atoms with Gasteiger partial charge in [0.15, 0.2) is 0 Å². The summed E-state index contributed by atoms with van der Waals surface area (Å²) in [5, 5.41) is 3.43. The molecule has 2 aromatic carbocycles. The Hall–Kier alpha value is -2.04. The van der Waals surface area contributed by atoms with E-state index in [0.717, 1.165) is 31.2 Å². The maximum absolute atomic E-state index is 5.60. The Kier molecular flexibility index (Phi) is 7.43. The molecule has 0 bridgehead atoms. The van der Waals surface area contributed by atoms with E-state index in [0.29, 0.717) is 13.2 Å². The van der Waals surface area contributed by atoms with Gasteiger partial charge in [-0.2, -0.15) is 0 Å². The molecular weight excluding hydrogens is 290 g/mol. The Morgan fingerprint density at radius 3 is 1.87 bits per heavy atom. The largest absolute Gasteiger partial charge is 0.497 e. The second-order valence-electron chi connectivity index (χ2n) is 5.14. The molecule has 0 aromatic heterocycles. The maximum atomic E-state index is 5.60. The monoisotopic (exact) mass is 315 g/mol. The Labute approximate surface area is 138 Å². The van der Waals surface area contributed by atoms with Crippen molar-refractivity contribution in [3.8, 4) is 11.5 Å². The summed E-state index contributed by atoms with van der Waals surface area (Å²) in [4.78, 5) is 0. The van der Waals surface area contributed by atoms with Crippen LogP contribution < -0.4 is 14.8 Å². The number of hydrogen-bond donors (Lipinski definition) is 1. The lowest BCUT2D eigenvalue weighted by atomic mass is 10.2. The van der Waals surface area contributed by atoms with E-state index in [2.05, 4.69) is 29.6 Å². The molecule has 0 atom stereocenters. The van der Waals surface area contributed by atoms with Gasteiger partial charge in [-0.15, -0.1) is 0 Å². The summed E-state index contributed by atoms with van der Waals surface area (Å²) in [7, 11) is 1.68. The Bertz CT molecular complexity index is 552. The standard InChI is InChI=1S/C19H25NO3/c1-3-22-12-13-23-19-10-6-17(7-11-19)15-20-14-16-4-8-18(21-2)9-5-16/h4-11,20H,3,12-15H2,1-2H3. The molecule has 1 N–H and O–H groups in total. The van der Waals surface area contributed by atoms with Crippen molar-refractivity contribution in [2.75, 3.05) is 26.9 Å². The Balaban J connectivity index is 1.70. The second kappa shape index (κ2) is 9.87. The molecule has 0 aliphatic heterocycles. The molecule has 23 heavy (non-hydrogen) atoms. The number of benzene rings is 2. The van der Waals surface area contributed by atoms with E-state index < -0.39 is 0 Å². The maximum Gasteiger partial charge on any atom is 0.119 e. The Morgan fingerprint density at radius 2 is 1.35 bits per heavy atom. The van der Waals surface area contributed by atoms with Crippen LogP contribution in [0.3, 0.4) is 0 Å². The van der Waals surface area contributed by atoms with Gasteiger partial charge in [-0.3, -0.25) is 0 Å². The Morgan fingerprint density at radius 1 is 0.783 bits per heavy atom. The van der Waals surface area contributed by atoms with Crippen LogP contribution in [-0.4, -0.2) is 26.9 Å². The first-order valence-electron chi connectivity index (χ1n) is 7.95. The van der Waals surface area contributed by atoms with E-state index in [4.69, 9.17) is 14.2 Å². The zero-order chi connectivity index (χ0) is 16.3. The van der Waals surface area contributed by atoms with Crippen molar-refractivity contribution in [1.29, 1.82) is 0 Å². The molecule has 0 unspecified atom stereocenters. The number of hydrogen-bond acceptors (Lipinski definition) is 4. The molecule has 0 heterocycles. The quantitative estimate of drug-likeness (QED) is 0.682. The van der Waals surface area contributed by atoms with Crippen LogP contribution in [0.5, 0.6) is 11.5 Å². The van der Waals surface area contributed by atoms with Crippen molar-refractivity contribution in [2.45, 2.75) is 20.0 Å². The number of rotatable bonds is 10. The minimum atomic E-state index is 0.586. The van der Waals surface area contributed by atoms with Gasteiger partial charge in [-0.25, -0.2) is 0 Å². The predicted octanol–water partition coefficient (Wildman–Crippen LogP) is 3.40. The van der Waals surface area contributed by atoms with E-state index in [1.54, 1.807) is 7.11 Å². The van der Waals surface area contributed by atoms with Crippen molar-refractivity contribution in [3.63, 3.8) is 0 Å². The van der Waals surface area contributed by atoms with Crippen LogP contribution in [0.15, 0.2) is 48.5 Å². The molecular formula is C19H25NO3. The van der Waals surface area contributed by atoms with Crippen molar-refractivity contribution in [3.05, 3.63) is 59.7 Å². The highest BCUT2D eigenvalue weighted by atomic mass is 16.5. The topological polar surface area (TPSA) is 39.7 Å². The SMILES string of the molecule is CCOCCOc1ccc(CNCc2ccc(OC)cc2)cc1. The smallest absolute Gasteiger partial charge is 0.119 e. The number of nitrogens with one attached hydrogen (secondary N) is 1. The zero-order valence-corrected chi connectivity index (χ0v) is 13.9. The third-order valence-electron chi connectivity index (χ3n) is 3.44. The van der Waals surface area contributed by atoms with Gasteiger partial charge in [-0.1, -0.05) is 24.3 Å². The van der Waals surface area contributed by atoms with Crippen LogP contribution in [0.4, 0.5) is 0 Å². The van der Waals surface area contributed by atoms with E-state index in [9.17, 15) is 0 Å². The summed E-state index contributed by atoms with van der Waals surface area (Å²) in [6, 6.07) is 16.2. The van der Waals surface area contributed by atoms with Crippen LogP contribution in [0, 0.1) is 0 Å². The molecule has 4 heteroatoms. The average molecular weight is 315 g/mol. The highest BCUT2D eigenvalue weighted by Crippen LogP contribution is 2.13. The molecule has 0 saturated carbocycles. The molecule has 0 radical (unpaired) electrons. The van der Waals surface area contributed by atoms with Crippen LogP contribution in [0.1, 0.15) is 18.1 Å². The summed E-state index contributed by atoms with van der Waals surface area (Å²) in [5.41, 5.74) is 2.47. The summed E-state index contributed by atoms with van der Waals surface area (Å²) < 4.78 is 16.0. The van der Waals surface area contributed by atoms with Gasteiger partial charge in [0, 0.05) is 19.7 Å². The van der Waals surface area contributed by atoms with Crippen LogP contribution >= 0.6 is 0 Å². The van der Waals surface area contributed by atoms with E-state index in [1.165, 1.54) is 11.1 Å². The predicted molar refractivity (Wildman–Crippen MR) is 92.0 cm³/mol. The normalized spacial score (nSPS) is 10.5. The van der Waals surface area contributed by atoms with Crippen molar-refractivity contribution in [2.24, 2.45) is 0 Å². The van der Waals surface area contributed by atoms with Crippen molar-refractivity contribution < 1.29 is 14.2 Å². The first-order chi connectivity index (χ1) is 11.3. The molecule has 2 rings (SSSR count). The highest BCUT2D eigenvalue weighted by molar-refractivity contribution is 5.28. The first kappa shape index (κ1) is 17.3. The van der Waals surface area contributed by atoms with E-state index in [1.807, 2.05) is 31.2 Å². The van der Waals surface area contributed by atoms with Crippen molar-refractivity contribution in [1.82, 2.24) is 5.32 Å². The first-order valence-corrected chi connectivity index (χ1v) is 7.95. The van der Waals surface area contributed by atoms with Crippen LogP contribution in [0.25, 0.3) is 0 Å². The van der Waals surface area contributed by atoms with Gasteiger partial charge in [-0.05, 0) is 42.3 Å². The fourth-order valence-electron chi connectivity index (χ4n) is 2.16. The molecule has 0 amide bonds. The molecule has 124 valence electrons. The minimum absolute atomic E-state index is 0.586. The third-order valence-corrected chi connectivity index (χ3v) is 3.44. The van der Waals surface area contributed by atoms with Gasteiger partial charge in [0.1, 0.15) is 18.1 Å². The summed E-state index contributed by atoms with van der Waals surface area (Å²) >= 11 is 0. The molecule has 4 nitrogen and oxygen atoms in total. The fourth-order valence-corrected chi connectivity index (χ4v) is 2.16. The van der Waals surface area contributed by atoms with Gasteiger partial charge in [0.2, 0.25) is 0 Å². The average Bonchev–Trinajstić information content (AvgIpc) is 2.60. The minimum Gasteiger partial charge on any atom is -0.497 e. The molecule has 0 aliphatic rings. The summed E-state index contributed by atoms with van der Waals surface area (Å²) in [5.74, 6) is 1.76. The van der Waals surface area contributed by atoms with Gasteiger partial charge in [0.05, 0.1) is 13.7 Å². The zero-order valence-electron chi connectivity index (χ0n) is 13.9. The lowest BCUT2D eigenvalue weighted by Gasteiger charge is -2.08. The summed E-state index contributed by atoms with van der Waals surface area (Å²) in [6.07, 6.45) is 0. The summed E-state index contributed by atoms with van der Waals surface area (Å²) in [6.45, 7) is 5.57. The molecule has 0 spiro atoms. The third kappa shape index (κ3) is 6.30. The molecule has 0 saturated heterocycles. The lowest BCUT2D eigenvalue weighted by molar-refractivity contribution is 0.110. The van der Waals surface area contributed by atoms with Crippen LogP contribution in [-0.2, 0) is 17.8 Å². The molecule has 0 fully saturated rings. The van der Waals surface area contributed by atoms with Crippen LogP contribution in [0.2, 0.25) is 0 Å². The van der Waals surface area contributed by atoms with Gasteiger partial charge in [0.25, 0.3) is 0 Å². The number of ether oxygens (including phenoxy) is 3. The van der Waals surface area contributed by atoms with Crippen molar-refractivity contribution >= 4 is 0 Å². The fraction of sp³-hybridized carbons (Fsp3) is 0.368. The van der Waals surface area contributed by atoms with E-state index >= 15 is 0 Å². The highest BCUT2D eigenvalue weighted by Gasteiger charge is 1.98. The number of methoxy groups -OCH3 is 1. The van der Waals surface area contributed by atoms with Gasteiger partial charge >= 0.3 is 0 Å². The van der Waals surface area contributed by atoms with E-state index in [-0.39, 0.29) is 0 Å². The molecule has 2 aromatic rings. The molecule has 0 aliphatic carbocycles. The second-order valence-corrected chi connectivity index (χ2v) is 5.14. The lowest BCUT2D eigenvalue weighted by Crippen LogP contribution is -2.12.